The van der Waals surface area contributed by atoms with Crippen molar-refractivity contribution in [3.63, 3.8) is 0 Å². The average molecular weight is 228 g/mol. The number of benzene rings is 2. The van der Waals surface area contributed by atoms with Gasteiger partial charge in [-0.3, -0.25) is 0 Å². The van der Waals surface area contributed by atoms with Crippen LogP contribution in [0.3, 0.4) is 0 Å². The van der Waals surface area contributed by atoms with Crippen LogP contribution in [0.2, 0.25) is 0 Å². The first-order valence-electron chi connectivity index (χ1n) is 5.44. The molecule has 0 heterocycles. The van der Waals surface area contributed by atoms with Gasteiger partial charge in [-0.25, -0.2) is 0 Å². The van der Waals surface area contributed by atoms with E-state index in [0.717, 1.165) is 5.75 Å². The summed E-state index contributed by atoms with van der Waals surface area (Å²) in [5.74, 6) is 1.09. The topological polar surface area (TPSA) is 0 Å². The number of rotatable bonds is 3. The van der Waals surface area contributed by atoms with Gasteiger partial charge in [0.2, 0.25) is 0 Å². The van der Waals surface area contributed by atoms with E-state index < -0.39 is 0 Å². The Kier molecular flexibility index (Phi) is 3.68. The number of hydrogen-bond donors (Lipinski definition) is 0. The van der Waals surface area contributed by atoms with Gasteiger partial charge in [-0.1, -0.05) is 54.1 Å². The minimum Gasteiger partial charge on any atom is -0.161 e. The lowest BCUT2D eigenvalue weighted by molar-refractivity contribution is 1.41. The summed E-state index contributed by atoms with van der Waals surface area (Å²) in [5, 5.41) is 0. The molecule has 0 amide bonds. The highest BCUT2D eigenvalue weighted by Crippen LogP contribution is 2.21. The number of thioether (sulfide) groups is 1. The van der Waals surface area contributed by atoms with Crippen molar-refractivity contribution in [1.82, 2.24) is 0 Å². The van der Waals surface area contributed by atoms with Crippen molar-refractivity contribution in [1.29, 1.82) is 0 Å². The molecule has 0 N–H and O–H groups in total. The van der Waals surface area contributed by atoms with Crippen molar-refractivity contribution in [2.24, 2.45) is 0 Å². The first-order valence-corrected chi connectivity index (χ1v) is 6.84. The van der Waals surface area contributed by atoms with E-state index in [1.165, 1.54) is 22.3 Å². The maximum atomic E-state index is 2.21. The van der Waals surface area contributed by atoms with Gasteiger partial charge in [0.1, 0.15) is 0 Å². The lowest BCUT2D eigenvalue weighted by atomic mass is 10.0. The van der Waals surface area contributed by atoms with Crippen molar-refractivity contribution in [3.8, 4) is 11.1 Å². The van der Waals surface area contributed by atoms with Gasteiger partial charge in [0.05, 0.1) is 0 Å². The third kappa shape index (κ3) is 2.67. The van der Waals surface area contributed by atoms with E-state index >= 15 is 0 Å². The molecule has 0 aromatic heterocycles. The second-order valence-electron chi connectivity index (χ2n) is 4.00. The fourth-order valence-corrected chi connectivity index (χ4v) is 2.23. The molecule has 2 aromatic carbocycles. The number of hydrogen-bond acceptors (Lipinski definition) is 1. The van der Waals surface area contributed by atoms with Gasteiger partial charge in [0.25, 0.3) is 0 Å². The highest BCUT2D eigenvalue weighted by molar-refractivity contribution is 7.97. The predicted molar refractivity (Wildman–Crippen MR) is 73.8 cm³/mol. The largest absolute Gasteiger partial charge is 0.161 e. The lowest BCUT2D eigenvalue weighted by Gasteiger charge is -2.04. The summed E-state index contributed by atoms with van der Waals surface area (Å²) >= 11 is 1.86. The minimum absolute atomic E-state index is 1.09. The molecule has 0 saturated carbocycles. The summed E-state index contributed by atoms with van der Waals surface area (Å²) in [6, 6.07) is 17.5. The Balaban J connectivity index is 2.24. The van der Waals surface area contributed by atoms with E-state index in [-0.39, 0.29) is 0 Å². The first-order chi connectivity index (χ1) is 7.79. The van der Waals surface area contributed by atoms with Crippen molar-refractivity contribution >= 4 is 11.8 Å². The molecule has 0 atom stereocenters. The summed E-state index contributed by atoms with van der Waals surface area (Å²) in [6.07, 6.45) is 2.13. The Labute approximate surface area is 102 Å². The van der Waals surface area contributed by atoms with Crippen LogP contribution in [0.25, 0.3) is 11.1 Å². The summed E-state index contributed by atoms with van der Waals surface area (Å²) in [5.41, 5.74) is 5.29. The molecule has 0 nitrogen and oxygen atoms in total. The zero-order chi connectivity index (χ0) is 11.4. The van der Waals surface area contributed by atoms with Gasteiger partial charge < -0.3 is 0 Å². The second kappa shape index (κ2) is 5.22. The van der Waals surface area contributed by atoms with Crippen LogP contribution < -0.4 is 0 Å². The molecule has 0 aliphatic heterocycles. The highest BCUT2D eigenvalue weighted by Gasteiger charge is 1.97. The minimum atomic E-state index is 1.09. The Morgan fingerprint density at radius 3 is 1.81 bits per heavy atom. The van der Waals surface area contributed by atoms with Crippen LogP contribution in [0, 0.1) is 6.92 Å². The Bertz CT molecular complexity index is 440. The molecule has 16 heavy (non-hydrogen) atoms. The van der Waals surface area contributed by atoms with E-state index in [1.807, 2.05) is 11.8 Å². The fourth-order valence-electron chi connectivity index (χ4n) is 1.71. The quantitative estimate of drug-likeness (QED) is 0.744. The maximum Gasteiger partial charge on any atom is 0.0181 e. The zero-order valence-electron chi connectivity index (χ0n) is 9.73. The van der Waals surface area contributed by atoms with E-state index in [4.69, 9.17) is 0 Å². The SMILES string of the molecule is CSCc1ccc(-c2ccc(C)cc2)cc1. The van der Waals surface area contributed by atoms with Crippen LogP contribution in [0.1, 0.15) is 11.1 Å². The Hall–Kier alpha value is -1.21. The molecular weight excluding hydrogens is 212 g/mol. The molecule has 0 spiro atoms. The van der Waals surface area contributed by atoms with Crippen LogP contribution in [0.15, 0.2) is 48.5 Å². The first kappa shape index (κ1) is 11.3. The normalized spacial score (nSPS) is 10.4. The highest BCUT2D eigenvalue weighted by atomic mass is 32.2. The van der Waals surface area contributed by atoms with Gasteiger partial charge in [-0.15, -0.1) is 0 Å². The lowest BCUT2D eigenvalue weighted by Crippen LogP contribution is -1.82. The second-order valence-corrected chi connectivity index (χ2v) is 4.86. The fraction of sp³-hybridized carbons (Fsp3) is 0.200. The summed E-state index contributed by atoms with van der Waals surface area (Å²) in [7, 11) is 0. The molecule has 2 rings (SSSR count). The van der Waals surface area contributed by atoms with Crippen molar-refractivity contribution < 1.29 is 0 Å². The molecule has 0 saturated heterocycles. The van der Waals surface area contributed by atoms with E-state index in [9.17, 15) is 0 Å². The van der Waals surface area contributed by atoms with Crippen molar-refractivity contribution in [2.45, 2.75) is 12.7 Å². The maximum absolute atomic E-state index is 2.21. The zero-order valence-corrected chi connectivity index (χ0v) is 10.6. The van der Waals surface area contributed by atoms with E-state index in [2.05, 4.69) is 61.7 Å². The molecule has 82 valence electrons. The molecule has 2 aromatic rings. The Morgan fingerprint density at radius 1 is 0.812 bits per heavy atom. The smallest absolute Gasteiger partial charge is 0.0181 e. The molecule has 0 unspecified atom stereocenters. The summed E-state index contributed by atoms with van der Waals surface area (Å²) in [4.78, 5) is 0. The van der Waals surface area contributed by atoms with Gasteiger partial charge in [-0.05, 0) is 29.9 Å². The molecule has 0 fully saturated rings. The van der Waals surface area contributed by atoms with E-state index in [0.29, 0.717) is 0 Å². The average Bonchev–Trinajstić information content (AvgIpc) is 2.32. The standard InChI is InChI=1S/C15H16S/c1-12-3-7-14(8-4-12)15-9-5-13(6-10-15)11-16-2/h3-10H,11H2,1-2H3. The molecule has 0 radical (unpaired) electrons. The van der Waals surface area contributed by atoms with Crippen LogP contribution in [0.4, 0.5) is 0 Å². The summed E-state index contributed by atoms with van der Waals surface area (Å²) < 4.78 is 0. The Morgan fingerprint density at radius 2 is 1.31 bits per heavy atom. The third-order valence-electron chi connectivity index (χ3n) is 2.65. The number of aryl methyl sites for hydroxylation is 1. The summed E-state index contributed by atoms with van der Waals surface area (Å²) in [6.45, 7) is 2.12. The third-order valence-corrected chi connectivity index (χ3v) is 3.27. The molecule has 0 aliphatic carbocycles. The van der Waals surface area contributed by atoms with Crippen molar-refractivity contribution in [3.05, 3.63) is 59.7 Å². The van der Waals surface area contributed by atoms with Crippen molar-refractivity contribution in [2.75, 3.05) is 6.26 Å². The molecular formula is C15H16S. The predicted octanol–water partition coefficient (Wildman–Crippen LogP) is 4.53. The van der Waals surface area contributed by atoms with E-state index in [1.54, 1.807) is 0 Å². The monoisotopic (exact) mass is 228 g/mol. The van der Waals surface area contributed by atoms with Gasteiger partial charge in [0.15, 0.2) is 0 Å². The molecule has 0 bridgehead atoms. The van der Waals surface area contributed by atoms with Gasteiger partial charge in [-0.2, -0.15) is 11.8 Å². The van der Waals surface area contributed by atoms with Crippen LogP contribution in [0.5, 0.6) is 0 Å². The molecule has 0 aliphatic rings. The van der Waals surface area contributed by atoms with Gasteiger partial charge in [0, 0.05) is 5.75 Å². The van der Waals surface area contributed by atoms with Gasteiger partial charge >= 0.3 is 0 Å². The molecule has 1 heteroatoms. The van der Waals surface area contributed by atoms with Crippen LogP contribution >= 0.6 is 11.8 Å². The van der Waals surface area contributed by atoms with Crippen LogP contribution in [-0.2, 0) is 5.75 Å². The van der Waals surface area contributed by atoms with Crippen LogP contribution in [-0.4, -0.2) is 6.26 Å².